The fraction of sp³-hybridized carbons (Fsp3) is 0.625. The first-order valence-corrected chi connectivity index (χ1v) is 7.27. The molecule has 0 saturated heterocycles. The van der Waals surface area contributed by atoms with E-state index < -0.39 is 17.5 Å². The predicted molar refractivity (Wildman–Crippen MR) is 82.7 cm³/mol. The van der Waals surface area contributed by atoms with Crippen LogP contribution in [-0.4, -0.2) is 29.1 Å². The van der Waals surface area contributed by atoms with Crippen molar-refractivity contribution in [2.75, 3.05) is 6.61 Å². The zero-order valence-corrected chi connectivity index (χ0v) is 14.3. The maximum atomic E-state index is 12.0. The molecule has 0 atom stereocenters. The maximum absolute atomic E-state index is 12.0. The molecule has 0 amide bonds. The Kier molecular flexibility index (Phi) is 7.19. The first-order valence-electron chi connectivity index (χ1n) is 7.27. The van der Waals surface area contributed by atoms with Crippen LogP contribution in [0.4, 0.5) is 0 Å². The largest absolute Gasteiger partial charge is 0.462 e. The van der Waals surface area contributed by atoms with Crippen LogP contribution in [0.5, 0.6) is 0 Å². The molecule has 5 heteroatoms. The highest BCUT2D eigenvalue weighted by Crippen LogP contribution is 2.21. The summed E-state index contributed by atoms with van der Waals surface area (Å²) >= 11 is 0. The Balaban J connectivity index is 0.00000191. The van der Waals surface area contributed by atoms with Crippen LogP contribution in [0.3, 0.4) is 0 Å². The Morgan fingerprint density at radius 3 is 2.05 bits per heavy atom. The molecule has 1 N–H and O–H groups in total. The van der Waals surface area contributed by atoms with Gasteiger partial charge in [0.25, 0.3) is 0 Å². The van der Waals surface area contributed by atoms with Crippen LogP contribution in [0.15, 0.2) is 0 Å². The number of H-pyrrole nitrogens is 1. The number of rotatable bonds is 3. The molecule has 0 bridgehead atoms. The fourth-order valence-electron chi connectivity index (χ4n) is 1.79. The molecule has 0 saturated carbocycles. The van der Waals surface area contributed by atoms with E-state index in [0.29, 0.717) is 29.1 Å². The Morgan fingerprint density at radius 2 is 1.62 bits per heavy atom. The lowest BCUT2D eigenvalue weighted by Crippen LogP contribution is -2.24. The molecule has 0 aliphatic carbocycles. The maximum Gasteiger partial charge on any atom is 0.355 e. The van der Waals surface area contributed by atoms with Crippen molar-refractivity contribution in [3.63, 3.8) is 0 Å². The van der Waals surface area contributed by atoms with Crippen LogP contribution in [0, 0.1) is 13.8 Å². The third-order valence-corrected chi connectivity index (χ3v) is 2.52. The van der Waals surface area contributed by atoms with Crippen LogP contribution in [-0.2, 0) is 9.47 Å². The molecule has 0 radical (unpaired) electrons. The highest BCUT2D eigenvalue weighted by atomic mass is 16.6. The number of ether oxygens (including phenoxy) is 2. The number of nitrogens with one attached hydrogen (secondary N) is 1. The van der Waals surface area contributed by atoms with Crippen molar-refractivity contribution < 1.29 is 19.1 Å². The van der Waals surface area contributed by atoms with Crippen LogP contribution >= 0.6 is 0 Å². The SMILES string of the molecule is CC.CCOC(=O)c1c(C)[nH]c(C(=O)OC(C)(C)C)c1C. The molecule has 0 aliphatic rings. The lowest BCUT2D eigenvalue weighted by molar-refractivity contribution is 0.00626. The summed E-state index contributed by atoms with van der Waals surface area (Å²) in [6.45, 7) is 14.9. The van der Waals surface area contributed by atoms with Gasteiger partial charge in [0.05, 0.1) is 12.2 Å². The zero-order valence-electron chi connectivity index (χ0n) is 14.3. The summed E-state index contributed by atoms with van der Waals surface area (Å²) in [5.41, 5.74) is 1.30. The molecule has 0 unspecified atom stereocenters. The molecule has 0 fully saturated rings. The van der Waals surface area contributed by atoms with Gasteiger partial charge in [-0.3, -0.25) is 0 Å². The number of hydrogen-bond donors (Lipinski definition) is 1. The number of hydrogen-bond acceptors (Lipinski definition) is 4. The number of carbonyl (C=O) groups excluding carboxylic acids is 2. The smallest absolute Gasteiger partial charge is 0.355 e. The van der Waals surface area contributed by atoms with Crippen molar-refractivity contribution in [2.45, 2.75) is 61.0 Å². The Hall–Kier alpha value is -1.78. The molecular weight excluding hydrogens is 270 g/mol. The average Bonchev–Trinajstić information content (AvgIpc) is 2.65. The molecule has 0 spiro atoms. The highest BCUT2D eigenvalue weighted by Gasteiger charge is 2.26. The van der Waals surface area contributed by atoms with E-state index in [0.717, 1.165) is 0 Å². The normalized spacial score (nSPS) is 10.5. The van der Waals surface area contributed by atoms with Crippen molar-refractivity contribution in [2.24, 2.45) is 0 Å². The second-order valence-electron chi connectivity index (χ2n) is 5.35. The van der Waals surface area contributed by atoms with Gasteiger partial charge in [0, 0.05) is 5.69 Å². The van der Waals surface area contributed by atoms with Crippen LogP contribution in [0.25, 0.3) is 0 Å². The monoisotopic (exact) mass is 297 g/mol. The van der Waals surface area contributed by atoms with E-state index in [1.54, 1.807) is 41.5 Å². The van der Waals surface area contributed by atoms with Gasteiger partial charge >= 0.3 is 11.9 Å². The van der Waals surface area contributed by atoms with Gasteiger partial charge < -0.3 is 14.5 Å². The van der Waals surface area contributed by atoms with E-state index in [9.17, 15) is 9.59 Å². The minimum Gasteiger partial charge on any atom is -0.462 e. The Labute approximate surface area is 127 Å². The Bertz CT molecular complexity index is 495. The third kappa shape index (κ3) is 5.25. The van der Waals surface area contributed by atoms with E-state index in [1.807, 2.05) is 13.8 Å². The van der Waals surface area contributed by atoms with Crippen molar-refractivity contribution in [1.82, 2.24) is 4.98 Å². The molecule has 120 valence electrons. The Morgan fingerprint density at radius 1 is 1.10 bits per heavy atom. The minimum atomic E-state index is -0.577. The summed E-state index contributed by atoms with van der Waals surface area (Å²) < 4.78 is 10.3. The number of esters is 2. The number of carbonyl (C=O) groups is 2. The predicted octanol–water partition coefficient (Wildman–Crippen LogP) is 3.79. The van der Waals surface area contributed by atoms with Gasteiger partial charge in [0.1, 0.15) is 11.3 Å². The molecule has 5 nitrogen and oxygen atoms in total. The molecular formula is C16H27NO4. The van der Waals surface area contributed by atoms with Crippen LogP contribution < -0.4 is 0 Å². The molecule has 0 aliphatic heterocycles. The van der Waals surface area contributed by atoms with Gasteiger partial charge in [0.15, 0.2) is 0 Å². The molecule has 1 heterocycles. The number of aromatic amines is 1. The summed E-state index contributed by atoms with van der Waals surface area (Å²) in [6.07, 6.45) is 0. The van der Waals surface area contributed by atoms with E-state index in [2.05, 4.69) is 4.98 Å². The molecule has 0 aromatic carbocycles. The van der Waals surface area contributed by atoms with E-state index in [-0.39, 0.29) is 0 Å². The third-order valence-electron chi connectivity index (χ3n) is 2.52. The van der Waals surface area contributed by atoms with E-state index >= 15 is 0 Å². The van der Waals surface area contributed by atoms with Crippen LogP contribution in [0.1, 0.15) is 73.6 Å². The summed E-state index contributed by atoms with van der Waals surface area (Å²) in [6, 6.07) is 0. The molecule has 1 aromatic rings. The van der Waals surface area contributed by atoms with Gasteiger partial charge in [-0.25, -0.2) is 9.59 Å². The topological polar surface area (TPSA) is 68.4 Å². The van der Waals surface area contributed by atoms with Crippen LogP contribution in [0.2, 0.25) is 0 Å². The molecule has 21 heavy (non-hydrogen) atoms. The number of aromatic nitrogens is 1. The fourth-order valence-corrected chi connectivity index (χ4v) is 1.79. The second-order valence-corrected chi connectivity index (χ2v) is 5.35. The highest BCUT2D eigenvalue weighted by molar-refractivity contribution is 5.98. The lowest BCUT2D eigenvalue weighted by atomic mass is 10.1. The van der Waals surface area contributed by atoms with E-state index in [1.165, 1.54) is 0 Å². The van der Waals surface area contributed by atoms with E-state index in [4.69, 9.17) is 9.47 Å². The lowest BCUT2D eigenvalue weighted by Gasteiger charge is -2.19. The van der Waals surface area contributed by atoms with Crippen molar-refractivity contribution >= 4 is 11.9 Å². The van der Waals surface area contributed by atoms with Crippen molar-refractivity contribution in [3.05, 3.63) is 22.5 Å². The summed E-state index contributed by atoms with van der Waals surface area (Å²) in [5, 5.41) is 0. The second kappa shape index (κ2) is 7.86. The van der Waals surface area contributed by atoms with Gasteiger partial charge in [-0.1, -0.05) is 13.8 Å². The minimum absolute atomic E-state index is 0.296. The van der Waals surface area contributed by atoms with Gasteiger partial charge in [0.2, 0.25) is 0 Å². The average molecular weight is 297 g/mol. The van der Waals surface area contributed by atoms with Gasteiger partial charge in [-0.2, -0.15) is 0 Å². The van der Waals surface area contributed by atoms with Gasteiger partial charge in [-0.15, -0.1) is 0 Å². The summed E-state index contributed by atoms with van der Waals surface area (Å²) in [7, 11) is 0. The number of aryl methyl sites for hydroxylation is 1. The molecule has 1 aromatic heterocycles. The summed E-state index contributed by atoms with van der Waals surface area (Å²) in [4.78, 5) is 26.7. The standard InChI is InChI=1S/C14H21NO4.C2H6/c1-7-18-12(16)10-8(2)11(15-9(10)3)13(17)19-14(4,5)6;1-2/h15H,7H2,1-6H3;1-2H3. The first kappa shape index (κ1) is 19.2. The summed E-state index contributed by atoms with van der Waals surface area (Å²) in [5.74, 6) is -0.896. The van der Waals surface area contributed by atoms with Gasteiger partial charge in [-0.05, 0) is 47.1 Å². The quantitative estimate of drug-likeness (QED) is 0.862. The zero-order chi connectivity index (χ0) is 16.8. The first-order chi connectivity index (χ1) is 9.67. The van der Waals surface area contributed by atoms with Crippen molar-refractivity contribution in [3.8, 4) is 0 Å². The van der Waals surface area contributed by atoms with Crippen molar-refractivity contribution in [1.29, 1.82) is 0 Å². The molecule has 1 rings (SSSR count).